The lowest BCUT2D eigenvalue weighted by Gasteiger charge is -2.25. The van der Waals surface area contributed by atoms with Crippen molar-refractivity contribution >= 4 is 17.4 Å². The van der Waals surface area contributed by atoms with Gasteiger partial charge >= 0.3 is 0 Å². The third-order valence-electron chi connectivity index (χ3n) is 2.98. The van der Waals surface area contributed by atoms with E-state index in [0.717, 1.165) is 19.4 Å². The number of anilines is 1. The summed E-state index contributed by atoms with van der Waals surface area (Å²) in [7, 11) is 0. The van der Waals surface area contributed by atoms with Crippen LogP contribution in [0, 0.1) is 5.92 Å². The summed E-state index contributed by atoms with van der Waals surface area (Å²) in [6.45, 7) is 0.781. The van der Waals surface area contributed by atoms with E-state index in [9.17, 15) is 4.79 Å². The fourth-order valence-corrected chi connectivity index (χ4v) is 2.54. The average Bonchev–Trinajstić information content (AvgIpc) is 2.28. The Labute approximate surface area is 99.4 Å². The van der Waals surface area contributed by atoms with Crippen LogP contribution in [0.5, 0.6) is 0 Å². The van der Waals surface area contributed by atoms with Crippen LogP contribution >= 0.6 is 11.6 Å². The van der Waals surface area contributed by atoms with E-state index in [1.54, 1.807) is 6.20 Å². The Kier molecular flexibility index (Phi) is 3.83. The summed E-state index contributed by atoms with van der Waals surface area (Å²) in [5, 5.41) is 3.38. The predicted octanol–water partition coefficient (Wildman–Crippen LogP) is 1.98. The van der Waals surface area contributed by atoms with Crippen molar-refractivity contribution in [2.75, 3.05) is 11.9 Å². The highest BCUT2D eigenvalue weighted by Crippen LogP contribution is 2.27. The lowest BCUT2D eigenvalue weighted by Crippen LogP contribution is -2.25. The van der Waals surface area contributed by atoms with Crippen molar-refractivity contribution in [2.24, 2.45) is 5.92 Å². The first-order valence-corrected chi connectivity index (χ1v) is 6.11. The van der Waals surface area contributed by atoms with Gasteiger partial charge in [-0.05, 0) is 25.2 Å². The average molecular weight is 242 g/mol. The standard InChI is InChI=1S/C11H16ClN3O/c12-9-3-1-2-8(6-9)7-15-10-11(16)14-5-4-13-10/h4-5,8-9H,1-3,6-7H2,(H,13,15)(H,14,16). The van der Waals surface area contributed by atoms with Crippen LogP contribution in [0.3, 0.4) is 0 Å². The molecule has 2 N–H and O–H groups in total. The fourth-order valence-electron chi connectivity index (χ4n) is 2.13. The van der Waals surface area contributed by atoms with E-state index in [1.807, 2.05) is 0 Å². The van der Waals surface area contributed by atoms with E-state index < -0.39 is 0 Å². The van der Waals surface area contributed by atoms with Crippen molar-refractivity contribution in [2.45, 2.75) is 31.1 Å². The quantitative estimate of drug-likeness (QED) is 0.796. The van der Waals surface area contributed by atoms with Crippen molar-refractivity contribution in [1.29, 1.82) is 0 Å². The molecule has 0 aliphatic heterocycles. The van der Waals surface area contributed by atoms with E-state index in [0.29, 0.717) is 17.1 Å². The molecule has 1 aromatic rings. The molecule has 1 saturated carbocycles. The fraction of sp³-hybridized carbons (Fsp3) is 0.636. The van der Waals surface area contributed by atoms with Gasteiger partial charge in [-0.3, -0.25) is 4.79 Å². The number of H-pyrrole nitrogens is 1. The van der Waals surface area contributed by atoms with Crippen molar-refractivity contribution in [3.05, 3.63) is 22.7 Å². The van der Waals surface area contributed by atoms with E-state index in [-0.39, 0.29) is 5.56 Å². The van der Waals surface area contributed by atoms with Crippen LogP contribution in [-0.4, -0.2) is 21.9 Å². The van der Waals surface area contributed by atoms with Gasteiger partial charge in [-0.25, -0.2) is 4.98 Å². The topological polar surface area (TPSA) is 57.8 Å². The third kappa shape index (κ3) is 2.98. The normalized spacial score (nSPS) is 25.3. The van der Waals surface area contributed by atoms with E-state index in [4.69, 9.17) is 11.6 Å². The number of aromatic amines is 1. The number of rotatable bonds is 3. The monoisotopic (exact) mass is 241 g/mol. The number of hydrogen-bond donors (Lipinski definition) is 2. The van der Waals surface area contributed by atoms with Gasteiger partial charge in [0.1, 0.15) is 0 Å². The maximum atomic E-state index is 11.3. The van der Waals surface area contributed by atoms with Gasteiger partial charge in [0.25, 0.3) is 5.56 Å². The molecular weight excluding hydrogens is 226 g/mol. The number of aromatic nitrogens is 2. The van der Waals surface area contributed by atoms with Gasteiger partial charge in [-0.1, -0.05) is 6.42 Å². The second-order valence-electron chi connectivity index (χ2n) is 4.28. The minimum absolute atomic E-state index is 0.166. The molecule has 2 unspecified atom stereocenters. The molecule has 1 aliphatic rings. The molecule has 0 spiro atoms. The number of hydrogen-bond acceptors (Lipinski definition) is 3. The van der Waals surface area contributed by atoms with E-state index >= 15 is 0 Å². The van der Waals surface area contributed by atoms with Crippen LogP contribution in [-0.2, 0) is 0 Å². The molecule has 1 heterocycles. The molecule has 0 amide bonds. The summed E-state index contributed by atoms with van der Waals surface area (Å²) in [5.41, 5.74) is -0.166. The first-order chi connectivity index (χ1) is 7.75. The van der Waals surface area contributed by atoms with Gasteiger partial charge in [0.15, 0.2) is 5.82 Å². The highest BCUT2D eigenvalue weighted by Gasteiger charge is 2.20. The summed E-state index contributed by atoms with van der Waals surface area (Å²) in [6, 6.07) is 0. The predicted molar refractivity (Wildman–Crippen MR) is 64.9 cm³/mol. The molecule has 2 rings (SSSR count). The van der Waals surface area contributed by atoms with Gasteiger partial charge in [0, 0.05) is 24.3 Å². The summed E-state index contributed by atoms with van der Waals surface area (Å²) >= 11 is 6.11. The molecule has 0 radical (unpaired) electrons. The van der Waals surface area contributed by atoms with Crippen LogP contribution in [0.1, 0.15) is 25.7 Å². The molecule has 5 heteroatoms. The van der Waals surface area contributed by atoms with Gasteiger partial charge in [-0.15, -0.1) is 11.6 Å². The summed E-state index contributed by atoms with van der Waals surface area (Å²) in [6.07, 6.45) is 7.61. The Balaban J connectivity index is 1.87. The van der Waals surface area contributed by atoms with Crippen molar-refractivity contribution < 1.29 is 0 Å². The molecule has 1 aromatic heterocycles. The highest BCUT2D eigenvalue weighted by atomic mass is 35.5. The molecular formula is C11H16ClN3O. The molecule has 1 fully saturated rings. The first-order valence-electron chi connectivity index (χ1n) is 5.67. The van der Waals surface area contributed by atoms with Crippen molar-refractivity contribution in [3.63, 3.8) is 0 Å². The maximum Gasteiger partial charge on any atom is 0.290 e. The smallest absolute Gasteiger partial charge is 0.290 e. The van der Waals surface area contributed by atoms with Crippen LogP contribution in [0.25, 0.3) is 0 Å². The Hall–Kier alpha value is -1.03. The SMILES string of the molecule is O=c1[nH]ccnc1NCC1CCCC(Cl)C1. The van der Waals surface area contributed by atoms with Crippen LogP contribution in [0.15, 0.2) is 17.2 Å². The molecule has 1 aliphatic carbocycles. The summed E-state index contributed by atoms with van der Waals surface area (Å²) in [4.78, 5) is 17.9. The molecule has 4 nitrogen and oxygen atoms in total. The van der Waals surface area contributed by atoms with Crippen LogP contribution in [0.2, 0.25) is 0 Å². The Morgan fingerprint density at radius 3 is 3.19 bits per heavy atom. The summed E-state index contributed by atoms with van der Waals surface area (Å²) < 4.78 is 0. The molecule has 2 atom stereocenters. The Bertz CT molecular complexity index is 393. The lowest BCUT2D eigenvalue weighted by molar-refractivity contribution is 0.378. The maximum absolute atomic E-state index is 11.3. The van der Waals surface area contributed by atoms with Gasteiger partial charge < -0.3 is 10.3 Å². The number of halogens is 1. The number of nitrogens with zero attached hydrogens (tertiary/aromatic N) is 1. The molecule has 88 valence electrons. The van der Waals surface area contributed by atoms with Gasteiger partial charge in [-0.2, -0.15) is 0 Å². The zero-order chi connectivity index (χ0) is 11.4. The molecule has 0 saturated heterocycles. The van der Waals surface area contributed by atoms with E-state index in [2.05, 4.69) is 15.3 Å². The van der Waals surface area contributed by atoms with Crippen LogP contribution in [0.4, 0.5) is 5.82 Å². The summed E-state index contributed by atoms with van der Waals surface area (Å²) in [5.74, 6) is 0.955. The van der Waals surface area contributed by atoms with Crippen molar-refractivity contribution in [3.8, 4) is 0 Å². The second-order valence-corrected chi connectivity index (χ2v) is 4.89. The highest BCUT2D eigenvalue weighted by molar-refractivity contribution is 6.20. The Morgan fingerprint density at radius 1 is 1.56 bits per heavy atom. The number of nitrogens with one attached hydrogen (secondary N) is 2. The van der Waals surface area contributed by atoms with Crippen LogP contribution < -0.4 is 10.9 Å². The lowest BCUT2D eigenvalue weighted by atomic mass is 9.89. The Morgan fingerprint density at radius 2 is 2.44 bits per heavy atom. The molecule has 0 aromatic carbocycles. The minimum atomic E-state index is -0.166. The third-order valence-corrected chi connectivity index (χ3v) is 3.38. The molecule has 16 heavy (non-hydrogen) atoms. The van der Waals surface area contributed by atoms with Gasteiger partial charge in [0.05, 0.1) is 0 Å². The zero-order valence-electron chi connectivity index (χ0n) is 9.08. The van der Waals surface area contributed by atoms with E-state index in [1.165, 1.54) is 19.0 Å². The van der Waals surface area contributed by atoms with Gasteiger partial charge in [0.2, 0.25) is 0 Å². The largest absolute Gasteiger partial charge is 0.365 e. The zero-order valence-corrected chi connectivity index (χ0v) is 9.83. The number of alkyl halides is 1. The van der Waals surface area contributed by atoms with Crippen molar-refractivity contribution in [1.82, 2.24) is 9.97 Å². The first kappa shape index (κ1) is 11.5. The second kappa shape index (κ2) is 5.34. The molecule has 0 bridgehead atoms. The minimum Gasteiger partial charge on any atom is -0.365 e.